The van der Waals surface area contributed by atoms with Crippen LogP contribution in [0.3, 0.4) is 0 Å². The highest BCUT2D eigenvalue weighted by molar-refractivity contribution is 7.71. The fraction of sp³-hybridized carbons (Fsp3) is 0.176. The second-order valence-electron chi connectivity index (χ2n) is 5.30. The highest BCUT2D eigenvalue weighted by Gasteiger charge is 2.14. The van der Waals surface area contributed by atoms with Crippen LogP contribution in [0.2, 0.25) is 0 Å². The molecule has 24 heavy (non-hydrogen) atoms. The molecule has 0 atom stereocenters. The molecule has 1 aromatic heterocycles. The second-order valence-corrected chi connectivity index (χ2v) is 5.69. The smallest absolute Gasteiger partial charge is 0.195 e. The molecular formula is C17H17N3O3S. The SMILES string of the molecule is COc1ccc(O)c(-c2n[nH]c(=S)n2CCc2ccc(O)cc2)c1. The van der Waals surface area contributed by atoms with E-state index in [1.54, 1.807) is 37.4 Å². The monoisotopic (exact) mass is 343 g/mol. The highest BCUT2D eigenvalue weighted by Crippen LogP contribution is 2.31. The van der Waals surface area contributed by atoms with Gasteiger partial charge >= 0.3 is 0 Å². The van der Waals surface area contributed by atoms with Crippen LogP contribution in [0.4, 0.5) is 0 Å². The van der Waals surface area contributed by atoms with Gasteiger partial charge in [0.25, 0.3) is 0 Å². The number of aromatic amines is 1. The van der Waals surface area contributed by atoms with Crippen molar-refractivity contribution < 1.29 is 14.9 Å². The number of H-pyrrole nitrogens is 1. The minimum atomic E-state index is 0.107. The third-order valence-corrected chi connectivity index (χ3v) is 4.07. The second kappa shape index (κ2) is 6.76. The molecule has 0 saturated carbocycles. The number of hydrogen-bond acceptors (Lipinski definition) is 5. The number of phenolic OH excluding ortho intramolecular Hbond substituents is 2. The largest absolute Gasteiger partial charge is 0.508 e. The number of aromatic hydroxyl groups is 2. The molecule has 2 aromatic carbocycles. The first-order valence-electron chi connectivity index (χ1n) is 7.39. The Labute approximate surface area is 144 Å². The Morgan fingerprint density at radius 2 is 1.92 bits per heavy atom. The maximum absolute atomic E-state index is 10.1. The number of hydrogen-bond donors (Lipinski definition) is 3. The van der Waals surface area contributed by atoms with Crippen LogP contribution in [0.15, 0.2) is 42.5 Å². The zero-order valence-corrected chi connectivity index (χ0v) is 13.9. The first-order valence-corrected chi connectivity index (χ1v) is 7.80. The molecule has 7 heteroatoms. The van der Waals surface area contributed by atoms with Crippen LogP contribution in [0.5, 0.6) is 17.2 Å². The van der Waals surface area contributed by atoms with Crippen molar-refractivity contribution in [2.45, 2.75) is 13.0 Å². The third-order valence-electron chi connectivity index (χ3n) is 3.76. The molecule has 0 aliphatic carbocycles. The van der Waals surface area contributed by atoms with Gasteiger partial charge in [0.15, 0.2) is 10.6 Å². The van der Waals surface area contributed by atoms with Gasteiger partial charge in [-0.1, -0.05) is 12.1 Å². The molecule has 0 fully saturated rings. The van der Waals surface area contributed by atoms with Crippen LogP contribution < -0.4 is 4.74 Å². The first kappa shape index (κ1) is 16.1. The van der Waals surface area contributed by atoms with Gasteiger partial charge in [-0.2, -0.15) is 5.10 Å². The van der Waals surface area contributed by atoms with E-state index in [-0.39, 0.29) is 11.5 Å². The summed E-state index contributed by atoms with van der Waals surface area (Å²) in [5, 5.41) is 26.5. The fourth-order valence-corrected chi connectivity index (χ4v) is 2.68. The molecule has 3 N–H and O–H groups in total. The number of rotatable bonds is 5. The molecule has 3 rings (SSSR count). The van der Waals surface area contributed by atoms with Gasteiger partial charge < -0.3 is 14.9 Å². The maximum Gasteiger partial charge on any atom is 0.195 e. The van der Waals surface area contributed by atoms with Crippen molar-refractivity contribution in [1.29, 1.82) is 0 Å². The number of aromatic nitrogens is 3. The van der Waals surface area contributed by atoms with Crippen molar-refractivity contribution in [3.8, 4) is 28.6 Å². The number of nitrogens with zero attached hydrogens (tertiary/aromatic N) is 2. The summed E-state index contributed by atoms with van der Waals surface area (Å²) in [6.45, 7) is 0.589. The quantitative estimate of drug-likeness (QED) is 0.619. The lowest BCUT2D eigenvalue weighted by Gasteiger charge is -2.10. The van der Waals surface area contributed by atoms with E-state index >= 15 is 0 Å². The minimum Gasteiger partial charge on any atom is -0.508 e. The first-order chi connectivity index (χ1) is 11.6. The average Bonchev–Trinajstić information content (AvgIpc) is 2.95. The zero-order chi connectivity index (χ0) is 17.1. The van der Waals surface area contributed by atoms with Gasteiger partial charge in [-0.05, 0) is 54.5 Å². The summed E-state index contributed by atoms with van der Waals surface area (Å²) in [4.78, 5) is 0. The Balaban J connectivity index is 1.91. The van der Waals surface area contributed by atoms with Crippen molar-refractivity contribution >= 4 is 12.2 Å². The number of phenols is 2. The summed E-state index contributed by atoms with van der Waals surface area (Å²) < 4.78 is 7.52. The van der Waals surface area contributed by atoms with E-state index in [2.05, 4.69) is 10.2 Å². The van der Waals surface area contributed by atoms with Gasteiger partial charge in [-0.15, -0.1) is 0 Å². The number of nitrogens with one attached hydrogen (secondary N) is 1. The number of benzene rings is 2. The molecule has 0 unspecified atom stereocenters. The fourth-order valence-electron chi connectivity index (χ4n) is 2.46. The Morgan fingerprint density at radius 1 is 1.17 bits per heavy atom. The van der Waals surface area contributed by atoms with Gasteiger partial charge in [0, 0.05) is 6.54 Å². The standard InChI is InChI=1S/C17H17N3O3S/c1-23-13-6-7-15(22)14(10-13)16-18-19-17(24)20(16)9-8-11-2-4-12(21)5-3-11/h2-7,10,21-22H,8-9H2,1H3,(H,19,24). The average molecular weight is 343 g/mol. The molecule has 0 spiro atoms. The molecule has 6 nitrogen and oxygen atoms in total. The molecule has 124 valence electrons. The van der Waals surface area contributed by atoms with Crippen LogP contribution in [-0.4, -0.2) is 32.1 Å². The summed E-state index contributed by atoms with van der Waals surface area (Å²) in [6.07, 6.45) is 0.714. The van der Waals surface area contributed by atoms with Crippen LogP contribution >= 0.6 is 12.2 Å². The number of aryl methyl sites for hydroxylation is 1. The molecule has 0 bridgehead atoms. The summed E-state index contributed by atoms with van der Waals surface area (Å²) in [5.41, 5.74) is 1.61. The Hall–Kier alpha value is -2.80. The molecule has 3 aromatic rings. The normalized spacial score (nSPS) is 10.7. The summed E-state index contributed by atoms with van der Waals surface area (Å²) in [7, 11) is 1.57. The molecular weight excluding hydrogens is 326 g/mol. The van der Waals surface area contributed by atoms with Crippen molar-refractivity contribution in [3.63, 3.8) is 0 Å². The van der Waals surface area contributed by atoms with E-state index < -0.39 is 0 Å². The molecule has 0 radical (unpaired) electrons. The molecule has 0 aliphatic heterocycles. The van der Waals surface area contributed by atoms with E-state index in [9.17, 15) is 10.2 Å². The molecule has 1 heterocycles. The number of ether oxygens (including phenoxy) is 1. The van der Waals surface area contributed by atoms with E-state index in [1.807, 2.05) is 16.7 Å². The van der Waals surface area contributed by atoms with Gasteiger partial charge in [-0.25, -0.2) is 0 Å². The van der Waals surface area contributed by atoms with Crippen LogP contribution in [-0.2, 0) is 13.0 Å². The molecule has 0 amide bonds. The predicted molar refractivity (Wildman–Crippen MR) is 92.9 cm³/mol. The third kappa shape index (κ3) is 3.26. The van der Waals surface area contributed by atoms with Gasteiger partial charge in [0.05, 0.1) is 12.7 Å². The van der Waals surface area contributed by atoms with E-state index in [1.165, 1.54) is 0 Å². The summed E-state index contributed by atoms with van der Waals surface area (Å²) in [5.74, 6) is 1.52. The van der Waals surface area contributed by atoms with E-state index in [4.69, 9.17) is 17.0 Å². The van der Waals surface area contributed by atoms with Crippen LogP contribution in [0.25, 0.3) is 11.4 Å². The van der Waals surface area contributed by atoms with E-state index in [0.717, 1.165) is 5.56 Å². The maximum atomic E-state index is 10.1. The summed E-state index contributed by atoms with van der Waals surface area (Å²) in [6, 6.07) is 12.0. The Bertz CT molecular complexity index is 900. The van der Waals surface area contributed by atoms with Gasteiger partial charge in [0.2, 0.25) is 0 Å². The van der Waals surface area contributed by atoms with Crippen molar-refractivity contribution in [2.24, 2.45) is 0 Å². The van der Waals surface area contributed by atoms with Crippen molar-refractivity contribution in [2.75, 3.05) is 7.11 Å². The van der Waals surface area contributed by atoms with Crippen LogP contribution in [0.1, 0.15) is 5.56 Å². The summed E-state index contributed by atoms with van der Waals surface area (Å²) >= 11 is 5.31. The zero-order valence-electron chi connectivity index (χ0n) is 13.1. The van der Waals surface area contributed by atoms with Gasteiger partial charge in [-0.3, -0.25) is 9.67 Å². The van der Waals surface area contributed by atoms with Crippen molar-refractivity contribution in [1.82, 2.24) is 14.8 Å². The van der Waals surface area contributed by atoms with E-state index in [0.29, 0.717) is 34.9 Å². The molecule has 0 aliphatic rings. The molecule has 0 saturated heterocycles. The van der Waals surface area contributed by atoms with Crippen molar-refractivity contribution in [3.05, 3.63) is 52.8 Å². The highest BCUT2D eigenvalue weighted by atomic mass is 32.1. The lowest BCUT2D eigenvalue weighted by molar-refractivity contribution is 0.412. The Kier molecular flexibility index (Phi) is 4.52. The Morgan fingerprint density at radius 3 is 2.62 bits per heavy atom. The number of methoxy groups -OCH3 is 1. The lowest BCUT2D eigenvalue weighted by atomic mass is 10.1. The minimum absolute atomic E-state index is 0.107. The van der Waals surface area contributed by atoms with Gasteiger partial charge in [0.1, 0.15) is 17.2 Å². The topological polar surface area (TPSA) is 83.3 Å². The van der Waals surface area contributed by atoms with Crippen LogP contribution in [0, 0.1) is 4.77 Å². The predicted octanol–water partition coefficient (Wildman–Crippen LogP) is 3.27. The lowest BCUT2D eigenvalue weighted by Crippen LogP contribution is -2.04.